The van der Waals surface area contributed by atoms with Crippen LogP contribution in [-0.2, 0) is 9.59 Å². The summed E-state index contributed by atoms with van der Waals surface area (Å²) in [6.07, 6.45) is 1.51. The molecule has 3 heteroatoms. The Balaban J connectivity index is 2.44. The van der Waals surface area contributed by atoms with E-state index in [-0.39, 0.29) is 11.7 Å². The van der Waals surface area contributed by atoms with Crippen molar-refractivity contribution in [1.82, 2.24) is 4.90 Å². The number of hydrogen-bond donors (Lipinski definition) is 0. The van der Waals surface area contributed by atoms with Gasteiger partial charge in [0, 0.05) is 25.4 Å². The van der Waals surface area contributed by atoms with Crippen molar-refractivity contribution in [2.45, 2.75) is 26.7 Å². The lowest BCUT2D eigenvalue weighted by Gasteiger charge is -2.30. The van der Waals surface area contributed by atoms with E-state index < -0.39 is 0 Å². The van der Waals surface area contributed by atoms with Gasteiger partial charge in [-0.25, -0.2) is 0 Å². The summed E-state index contributed by atoms with van der Waals surface area (Å²) < 4.78 is 0. The van der Waals surface area contributed by atoms with Gasteiger partial charge in [0.1, 0.15) is 11.6 Å². The number of ketones is 2. The quantitative estimate of drug-likeness (QED) is 0.651. The molecule has 1 fully saturated rings. The minimum Gasteiger partial charge on any atom is -0.299 e. The Labute approximate surface area is 79.1 Å². The molecule has 0 aromatic carbocycles. The lowest BCUT2D eigenvalue weighted by Crippen LogP contribution is -2.42. The highest BCUT2D eigenvalue weighted by molar-refractivity contribution is 5.83. The summed E-state index contributed by atoms with van der Waals surface area (Å²) in [5.41, 5.74) is 0. The van der Waals surface area contributed by atoms with E-state index in [1.807, 2.05) is 6.92 Å². The molecule has 1 rings (SSSR count). The van der Waals surface area contributed by atoms with Gasteiger partial charge in [0.2, 0.25) is 0 Å². The third-order valence-corrected chi connectivity index (χ3v) is 2.55. The predicted molar refractivity (Wildman–Crippen MR) is 50.5 cm³/mol. The molecule has 1 atom stereocenters. The Morgan fingerprint density at radius 1 is 1.62 bits per heavy atom. The fraction of sp³-hybridized carbons (Fsp3) is 0.800. The Bertz CT molecular complexity index is 213. The van der Waals surface area contributed by atoms with Gasteiger partial charge in [-0.2, -0.15) is 0 Å². The van der Waals surface area contributed by atoms with Gasteiger partial charge in [-0.05, 0) is 13.3 Å². The number of likely N-dealkylation sites (tertiary alicyclic amines) is 1. The molecule has 0 bridgehead atoms. The van der Waals surface area contributed by atoms with Gasteiger partial charge in [-0.15, -0.1) is 0 Å². The summed E-state index contributed by atoms with van der Waals surface area (Å²) in [4.78, 5) is 24.3. The molecular weight excluding hydrogens is 166 g/mol. The molecule has 0 radical (unpaired) electrons. The van der Waals surface area contributed by atoms with Crippen LogP contribution in [0.5, 0.6) is 0 Å². The van der Waals surface area contributed by atoms with Crippen molar-refractivity contribution in [3.63, 3.8) is 0 Å². The highest BCUT2D eigenvalue weighted by Gasteiger charge is 2.25. The van der Waals surface area contributed by atoms with E-state index in [4.69, 9.17) is 0 Å². The van der Waals surface area contributed by atoms with Gasteiger partial charge in [-0.3, -0.25) is 14.5 Å². The SMILES string of the molecule is CCC1CN(CC(C)=O)CCC1=O. The fourth-order valence-corrected chi connectivity index (χ4v) is 1.79. The number of piperidine rings is 1. The van der Waals surface area contributed by atoms with Crippen molar-refractivity contribution in [3.05, 3.63) is 0 Å². The summed E-state index contributed by atoms with van der Waals surface area (Å²) in [7, 11) is 0. The maximum Gasteiger partial charge on any atom is 0.143 e. The predicted octanol–water partition coefficient (Wildman–Crippen LogP) is 0.876. The van der Waals surface area contributed by atoms with Crippen molar-refractivity contribution >= 4 is 11.6 Å². The normalized spacial score (nSPS) is 24.8. The first-order valence-corrected chi connectivity index (χ1v) is 4.88. The smallest absolute Gasteiger partial charge is 0.143 e. The third-order valence-electron chi connectivity index (χ3n) is 2.55. The lowest BCUT2D eigenvalue weighted by atomic mass is 9.94. The third kappa shape index (κ3) is 2.92. The number of Topliss-reactive ketones (excluding diaryl/α,β-unsaturated/α-hetero) is 2. The summed E-state index contributed by atoms with van der Waals surface area (Å²) in [5, 5.41) is 0. The largest absolute Gasteiger partial charge is 0.299 e. The number of carbonyl (C=O) groups is 2. The van der Waals surface area contributed by atoms with E-state index in [1.54, 1.807) is 6.92 Å². The molecule has 1 heterocycles. The monoisotopic (exact) mass is 183 g/mol. The van der Waals surface area contributed by atoms with Gasteiger partial charge in [0.15, 0.2) is 0 Å². The van der Waals surface area contributed by atoms with E-state index in [0.29, 0.717) is 18.7 Å². The highest BCUT2D eigenvalue weighted by Crippen LogP contribution is 2.15. The van der Waals surface area contributed by atoms with Crippen molar-refractivity contribution in [2.24, 2.45) is 5.92 Å². The Kier molecular flexibility index (Phi) is 3.60. The van der Waals surface area contributed by atoms with Crippen LogP contribution in [0, 0.1) is 5.92 Å². The second kappa shape index (κ2) is 4.51. The van der Waals surface area contributed by atoms with E-state index in [9.17, 15) is 9.59 Å². The van der Waals surface area contributed by atoms with E-state index in [1.165, 1.54) is 0 Å². The van der Waals surface area contributed by atoms with E-state index in [0.717, 1.165) is 19.5 Å². The molecule has 74 valence electrons. The van der Waals surface area contributed by atoms with Gasteiger partial charge < -0.3 is 0 Å². The molecule has 0 N–H and O–H groups in total. The summed E-state index contributed by atoms with van der Waals surface area (Å²) >= 11 is 0. The Morgan fingerprint density at radius 3 is 2.85 bits per heavy atom. The topological polar surface area (TPSA) is 37.4 Å². The van der Waals surface area contributed by atoms with Crippen molar-refractivity contribution in [1.29, 1.82) is 0 Å². The molecule has 0 aromatic heterocycles. The first-order valence-electron chi connectivity index (χ1n) is 4.88. The van der Waals surface area contributed by atoms with Crippen LogP contribution in [0.1, 0.15) is 26.7 Å². The fourth-order valence-electron chi connectivity index (χ4n) is 1.79. The van der Waals surface area contributed by atoms with Crippen molar-refractivity contribution in [3.8, 4) is 0 Å². The molecule has 0 saturated carbocycles. The van der Waals surface area contributed by atoms with Crippen molar-refractivity contribution < 1.29 is 9.59 Å². The lowest BCUT2D eigenvalue weighted by molar-refractivity contribution is -0.128. The molecular formula is C10H17NO2. The van der Waals surface area contributed by atoms with Gasteiger partial charge in [0.05, 0.1) is 6.54 Å². The molecule has 0 aromatic rings. The maximum atomic E-state index is 11.3. The molecule has 1 aliphatic rings. The van der Waals surface area contributed by atoms with Crippen LogP contribution in [0.2, 0.25) is 0 Å². The van der Waals surface area contributed by atoms with Crippen LogP contribution in [0.25, 0.3) is 0 Å². The molecule has 1 aliphatic heterocycles. The van der Waals surface area contributed by atoms with Crippen LogP contribution in [-0.4, -0.2) is 36.1 Å². The van der Waals surface area contributed by atoms with Crippen LogP contribution in [0.15, 0.2) is 0 Å². The number of nitrogens with zero attached hydrogens (tertiary/aromatic N) is 1. The molecule has 1 saturated heterocycles. The van der Waals surface area contributed by atoms with Crippen LogP contribution in [0.3, 0.4) is 0 Å². The minimum absolute atomic E-state index is 0.160. The zero-order valence-electron chi connectivity index (χ0n) is 8.38. The first kappa shape index (κ1) is 10.4. The number of rotatable bonds is 3. The van der Waals surface area contributed by atoms with Gasteiger partial charge in [-0.1, -0.05) is 6.92 Å². The van der Waals surface area contributed by atoms with E-state index >= 15 is 0 Å². The minimum atomic E-state index is 0.160. The molecule has 0 amide bonds. The Morgan fingerprint density at radius 2 is 2.31 bits per heavy atom. The summed E-state index contributed by atoms with van der Waals surface area (Å²) in [6, 6.07) is 0. The zero-order valence-corrected chi connectivity index (χ0v) is 8.38. The maximum absolute atomic E-state index is 11.3. The van der Waals surface area contributed by atoms with Gasteiger partial charge >= 0.3 is 0 Å². The zero-order chi connectivity index (χ0) is 9.84. The van der Waals surface area contributed by atoms with Crippen molar-refractivity contribution in [2.75, 3.05) is 19.6 Å². The molecule has 13 heavy (non-hydrogen) atoms. The molecule has 1 unspecified atom stereocenters. The first-order chi connectivity index (χ1) is 6.13. The molecule has 3 nitrogen and oxygen atoms in total. The number of hydrogen-bond acceptors (Lipinski definition) is 3. The second-order valence-electron chi connectivity index (χ2n) is 3.76. The average molecular weight is 183 g/mol. The Hall–Kier alpha value is -0.700. The standard InChI is InChI=1S/C10H17NO2/c1-3-9-7-11(6-8(2)12)5-4-10(9)13/h9H,3-7H2,1-2H3. The number of carbonyl (C=O) groups excluding carboxylic acids is 2. The summed E-state index contributed by atoms with van der Waals surface area (Å²) in [5.74, 6) is 0.708. The van der Waals surface area contributed by atoms with E-state index in [2.05, 4.69) is 4.90 Å². The second-order valence-corrected chi connectivity index (χ2v) is 3.76. The average Bonchev–Trinajstić information content (AvgIpc) is 2.07. The van der Waals surface area contributed by atoms with Crippen LogP contribution >= 0.6 is 0 Å². The molecule has 0 aliphatic carbocycles. The highest BCUT2D eigenvalue weighted by atomic mass is 16.1. The van der Waals surface area contributed by atoms with Gasteiger partial charge in [0.25, 0.3) is 0 Å². The summed E-state index contributed by atoms with van der Waals surface area (Å²) in [6.45, 7) is 5.66. The van der Waals surface area contributed by atoms with Crippen LogP contribution in [0.4, 0.5) is 0 Å². The van der Waals surface area contributed by atoms with Crippen LogP contribution < -0.4 is 0 Å². The molecule has 0 spiro atoms.